The van der Waals surface area contributed by atoms with Crippen molar-refractivity contribution in [3.8, 4) is 17.1 Å². The van der Waals surface area contributed by atoms with Crippen LogP contribution in [-0.4, -0.2) is 17.1 Å². The van der Waals surface area contributed by atoms with E-state index in [2.05, 4.69) is 9.97 Å². The maximum atomic E-state index is 13.4. The monoisotopic (exact) mass is 242 g/mol. The van der Waals surface area contributed by atoms with Crippen LogP contribution in [-0.2, 0) is 0 Å². The molecule has 0 unspecified atom stereocenters. The number of para-hydroxylation sites is 2. The van der Waals surface area contributed by atoms with E-state index in [0.717, 1.165) is 11.0 Å². The Morgan fingerprint density at radius 1 is 1.17 bits per heavy atom. The van der Waals surface area contributed by atoms with E-state index in [9.17, 15) is 4.39 Å². The van der Waals surface area contributed by atoms with Gasteiger partial charge >= 0.3 is 0 Å². The van der Waals surface area contributed by atoms with Gasteiger partial charge in [-0.2, -0.15) is 0 Å². The summed E-state index contributed by atoms with van der Waals surface area (Å²) in [5.74, 6) is 0.768. The molecule has 1 N–H and O–H groups in total. The summed E-state index contributed by atoms with van der Waals surface area (Å²) in [5.41, 5.74) is 2.45. The zero-order valence-corrected chi connectivity index (χ0v) is 9.77. The Morgan fingerprint density at radius 3 is 2.78 bits per heavy atom. The van der Waals surface area contributed by atoms with Gasteiger partial charge in [-0.05, 0) is 24.3 Å². The van der Waals surface area contributed by atoms with E-state index >= 15 is 0 Å². The highest BCUT2D eigenvalue weighted by molar-refractivity contribution is 5.79. The molecule has 0 bridgehead atoms. The molecule has 0 aliphatic heterocycles. The van der Waals surface area contributed by atoms with E-state index in [-0.39, 0.29) is 5.82 Å². The molecule has 3 nitrogen and oxygen atoms in total. The average molecular weight is 242 g/mol. The fourth-order valence-electron chi connectivity index (χ4n) is 1.91. The smallest absolute Gasteiger partial charge is 0.138 e. The number of rotatable bonds is 2. The summed E-state index contributed by atoms with van der Waals surface area (Å²) in [7, 11) is 1.51. The zero-order valence-electron chi connectivity index (χ0n) is 9.77. The molecule has 2 aromatic carbocycles. The summed E-state index contributed by atoms with van der Waals surface area (Å²) >= 11 is 0. The highest BCUT2D eigenvalue weighted by Gasteiger charge is 2.08. The summed E-state index contributed by atoms with van der Waals surface area (Å²) in [6, 6.07) is 12.2. The van der Waals surface area contributed by atoms with Gasteiger partial charge in [-0.3, -0.25) is 0 Å². The summed E-state index contributed by atoms with van der Waals surface area (Å²) < 4.78 is 18.5. The first-order valence-corrected chi connectivity index (χ1v) is 5.56. The fourth-order valence-corrected chi connectivity index (χ4v) is 1.91. The molecule has 0 aliphatic carbocycles. The summed E-state index contributed by atoms with van der Waals surface area (Å²) in [6.07, 6.45) is 0. The number of benzene rings is 2. The van der Waals surface area contributed by atoms with Crippen LogP contribution in [0, 0.1) is 5.82 Å². The number of imidazole rings is 1. The highest BCUT2D eigenvalue weighted by Crippen LogP contribution is 2.25. The zero-order chi connectivity index (χ0) is 12.5. The summed E-state index contributed by atoms with van der Waals surface area (Å²) in [6.45, 7) is 0. The lowest BCUT2D eigenvalue weighted by Crippen LogP contribution is -1.88. The van der Waals surface area contributed by atoms with Crippen LogP contribution >= 0.6 is 0 Å². The number of nitrogens with zero attached hydrogens (tertiary/aromatic N) is 1. The highest BCUT2D eigenvalue weighted by atomic mass is 19.1. The van der Waals surface area contributed by atoms with E-state index in [0.29, 0.717) is 17.1 Å². The fraction of sp³-hybridized carbons (Fsp3) is 0.0714. The van der Waals surface area contributed by atoms with E-state index in [4.69, 9.17) is 4.74 Å². The van der Waals surface area contributed by atoms with Gasteiger partial charge < -0.3 is 9.72 Å². The van der Waals surface area contributed by atoms with Crippen LogP contribution in [0.5, 0.6) is 5.75 Å². The Bertz CT molecular complexity index is 673. The van der Waals surface area contributed by atoms with Crippen LogP contribution in [0.1, 0.15) is 0 Å². The van der Waals surface area contributed by atoms with Gasteiger partial charge in [-0.25, -0.2) is 9.37 Å². The number of nitrogens with one attached hydrogen (secondary N) is 1. The van der Waals surface area contributed by atoms with Crippen molar-refractivity contribution in [2.75, 3.05) is 7.11 Å². The number of ether oxygens (including phenoxy) is 1. The van der Waals surface area contributed by atoms with Crippen molar-refractivity contribution in [1.29, 1.82) is 0 Å². The molecule has 18 heavy (non-hydrogen) atoms. The van der Waals surface area contributed by atoms with Crippen molar-refractivity contribution in [1.82, 2.24) is 9.97 Å². The van der Waals surface area contributed by atoms with Crippen LogP contribution in [0.25, 0.3) is 22.4 Å². The Balaban J connectivity index is 2.16. The molecule has 0 saturated heterocycles. The molecule has 1 heterocycles. The second-order valence-corrected chi connectivity index (χ2v) is 3.98. The first kappa shape index (κ1) is 10.8. The lowest BCUT2D eigenvalue weighted by atomic mass is 10.2. The molecular weight excluding hydrogens is 231 g/mol. The Hall–Kier alpha value is -2.36. The molecule has 0 fully saturated rings. The molecule has 3 rings (SSSR count). The molecule has 0 spiro atoms. The molecule has 90 valence electrons. The van der Waals surface area contributed by atoms with Gasteiger partial charge in [0.1, 0.15) is 17.4 Å². The lowest BCUT2D eigenvalue weighted by molar-refractivity contribution is 0.411. The predicted molar refractivity (Wildman–Crippen MR) is 68.0 cm³/mol. The Kier molecular flexibility index (Phi) is 2.48. The minimum absolute atomic E-state index is 0.343. The van der Waals surface area contributed by atoms with Gasteiger partial charge in [0.2, 0.25) is 0 Å². The summed E-state index contributed by atoms with van der Waals surface area (Å²) in [4.78, 5) is 7.58. The van der Waals surface area contributed by atoms with Gasteiger partial charge in [0.25, 0.3) is 0 Å². The van der Waals surface area contributed by atoms with Crippen LogP contribution < -0.4 is 4.74 Å². The SMILES string of the molecule is COc1cc(F)cc(-c2nc3ccccc3[nH]2)c1. The number of fused-ring (bicyclic) bond motifs is 1. The quantitative estimate of drug-likeness (QED) is 0.748. The van der Waals surface area contributed by atoms with Crippen molar-refractivity contribution in [3.05, 3.63) is 48.3 Å². The second kappa shape index (κ2) is 4.14. The molecular formula is C14H11FN2O. The van der Waals surface area contributed by atoms with Crippen molar-refractivity contribution in [2.24, 2.45) is 0 Å². The number of halogens is 1. The van der Waals surface area contributed by atoms with Gasteiger partial charge in [0, 0.05) is 11.6 Å². The van der Waals surface area contributed by atoms with Crippen molar-refractivity contribution in [2.45, 2.75) is 0 Å². The molecule has 0 saturated carbocycles. The second-order valence-electron chi connectivity index (χ2n) is 3.98. The van der Waals surface area contributed by atoms with Crippen molar-refractivity contribution in [3.63, 3.8) is 0 Å². The summed E-state index contributed by atoms with van der Waals surface area (Å²) in [5, 5.41) is 0. The van der Waals surface area contributed by atoms with Crippen molar-refractivity contribution >= 4 is 11.0 Å². The topological polar surface area (TPSA) is 37.9 Å². The maximum absolute atomic E-state index is 13.4. The predicted octanol–water partition coefficient (Wildman–Crippen LogP) is 3.38. The molecule has 3 aromatic rings. The normalized spacial score (nSPS) is 10.8. The maximum Gasteiger partial charge on any atom is 0.138 e. The number of aromatic amines is 1. The molecule has 1 aromatic heterocycles. The van der Waals surface area contributed by atoms with E-state index in [1.165, 1.54) is 19.2 Å². The van der Waals surface area contributed by atoms with E-state index in [1.54, 1.807) is 6.07 Å². The Morgan fingerprint density at radius 2 is 2.00 bits per heavy atom. The molecule has 4 heteroatoms. The minimum atomic E-state index is -0.343. The lowest BCUT2D eigenvalue weighted by Gasteiger charge is -2.02. The first-order chi connectivity index (χ1) is 8.76. The number of hydrogen-bond acceptors (Lipinski definition) is 2. The van der Waals surface area contributed by atoms with Gasteiger partial charge in [-0.15, -0.1) is 0 Å². The average Bonchev–Trinajstić information content (AvgIpc) is 2.81. The van der Waals surface area contributed by atoms with Crippen molar-refractivity contribution < 1.29 is 9.13 Å². The molecule has 0 aliphatic rings. The Labute approximate surface area is 103 Å². The van der Waals surface area contributed by atoms with Crippen LogP contribution in [0.15, 0.2) is 42.5 Å². The third-order valence-electron chi connectivity index (χ3n) is 2.77. The third kappa shape index (κ3) is 1.82. The first-order valence-electron chi connectivity index (χ1n) is 5.56. The van der Waals surface area contributed by atoms with E-state index in [1.807, 2.05) is 24.3 Å². The van der Waals surface area contributed by atoms with Crippen LogP contribution in [0.3, 0.4) is 0 Å². The standard InChI is InChI=1S/C14H11FN2O/c1-18-11-7-9(6-10(15)8-11)14-16-12-4-2-3-5-13(12)17-14/h2-8H,1H3,(H,16,17). The van der Waals surface area contributed by atoms with Gasteiger partial charge in [-0.1, -0.05) is 12.1 Å². The number of aromatic nitrogens is 2. The van der Waals surface area contributed by atoms with Crippen LogP contribution in [0.2, 0.25) is 0 Å². The van der Waals surface area contributed by atoms with E-state index < -0.39 is 0 Å². The molecule has 0 atom stereocenters. The number of H-pyrrole nitrogens is 1. The largest absolute Gasteiger partial charge is 0.497 e. The van der Waals surface area contributed by atoms with Gasteiger partial charge in [0.15, 0.2) is 0 Å². The molecule has 0 amide bonds. The number of methoxy groups -OCH3 is 1. The van der Waals surface area contributed by atoms with Crippen LogP contribution in [0.4, 0.5) is 4.39 Å². The third-order valence-corrected chi connectivity index (χ3v) is 2.77. The van der Waals surface area contributed by atoms with Gasteiger partial charge in [0.05, 0.1) is 18.1 Å². The minimum Gasteiger partial charge on any atom is -0.497 e. The number of hydrogen-bond donors (Lipinski definition) is 1. The molecule has 0 radical (unpaired) electrons.